The summed E-state index contributed by atoms with van der Waals surface area (Å²) in [6.45, 7) is 2.71. The first-order valence-electron chi connectivity index (χ1n) is 9.85. The molecule has 0 atom stereocenters. The lowest BCUT2D eigenvalue weighted by Gasteiger charge is -2.11. The predicted octanol–water partition coefficient (Wildman–Crippen LogP) is 3.25. The molecule has 1 aromatic heterocycles. The fourth-order valence-electron chi connectivity index (χ4n) is 2.89. The Morgan fingerprint density at radius 1 is 1.10 bits per heavy atom. The molecule has 3 rings (SSSR count). The summed E-state index contributed by atoms with van der Waals surface area (Å²) in [4.78, 5) is 24.1. The molecule has 0 spiro atoms. The van der Waals surface area contributed by atoms with Crippen LogP contribution in [-0.4, -0.2) is 39.0 Å². The third-order valence-corrected chi connectivity index (χ3v) is 5.35. The third-order valence-electron chi connectivity index (χ3n) is 4.41. The van der Waals surface area contributed by atoms with Gasteiger partial charge in [-0.05, 0) is 31.0 Å². The SMILES string of the molecule is CCOC(=O)CSc1nnc(CNC(=O)c2ccccc2F)n1CCc1ccccc1. The first-order valence-corrected chi connectivity index (χ1v) is 10.8. The van der Waals surface area contributed by atoms with Crippen LogP contribution in [0.2, 0.25) is 0 Å². The number of rotatable bonds is 10. The van der Waals surface area contributed by atoms with E-state index in [2.05, 4.69) is 15.5 Å². The Hall–Kier alpha value is -3.20. The summed E-state index contributed by atoms with van der Waals surface area (Å²) in [5, 5.41) is 11.6. The number of carbonyl (C=O) groups is 2. The monoisotopic (exact) mass is 442 g/mol. The lowest BCUT2D eigenvalue weighted by Crippen LogP contribution is -2.26. The predicted molar refractivity (Wildman–Crippen MR) is 115 cm³/mol. The van der Waals surface area contributed by atoms with E-state index < -0.39 is 11.7 Å². The Morgan fingerprint density at radius 2 is 1.84 bits per heavy atom. The molecular weight excluding hydrogens is 419 g/mol. The number of esters is 1. The van der Waals surface area contributed by atoms with E-state index >= 15 is 0 Å². The largest absolute Gasteiger partial charge is 0.465 e. The Balaban J connectivity index is 1.72. The molecule has 7 nitrogen and oxygen atoms in total. The second-order valence-corrected chi connectivity index (χ2v) is 7.48. The van der Waals surface area contributed by atoms with Gasteiger partial charge in [-0.25, -0.2) is 4.39 Å². The van der Waals surface area contributed by atoms with Crippen LogP contribution < -0.4 is 5.32 Å². The molecule has 0 aliphatic rings. The Bertz CT molecular complexity index is 1030. The fraction of sp³-hybridized carbons (Fsp3) is 0.273. The summed E-state index contributed by atoms with van der Waals surface area (Å²) >= 11 is 1.23. The summed E-state index contributed by atoms with van der Waals surface area (Å²) in [7, 11) is 0. The van der Waals surface area contributed by atoms with Gasteiger partial charge in [0.25, 0.3) is 5.91 Å². The highest BCUT2D eigenvalue weighted by Crippen LogP contribution is 2.18. The molecule has 0 aliphatic heterocycles. The van der Waals surface area contributed by atoms with Crippen molar-refractivity contribution in [1.29, 1.82) is 0 Å². The van der Waals surface area contributed by atoms with Crippen LogP contribution in [0, 0.1) is 5.82 Å². The molecular formula is C22H23FN4O3S. The molecule has 0 saturated heterocycles. The molecule has 1 N–H and O–H groups in total. The first kappa shape index (κ1) is 22.5. The Morgan fingerprint density at radius 3 is 2.58 bits per heavy atom. The number of aryl methyl sites for hydroxylation is 1. The van der Waals surface area contributed by atoms with E-state index in [1.165, 1.54) is 30.0 Å². The molecule has 1 amide bonds. The quantitative estimate of drug-likeness (QED) is 0.383. The van der Waals surface area contributed by atoms with Gasteiger partial charge in [0.05, 0.1) is 24.5 Å². The number of hydrogen-bond acceptors (Lipinski definition) is 6. The lowest BCUT2D eigenvalue weighted by molar-refractivity contribution is -0.139. The van der Waals surface area contributed by atoms with Crippen molar-refractivity contribution in [1.82, 2.24) is 20.1 Å². The molecule has 0 unspecified atom stereocenters. The minimum atomic E-state index is -0.587. The van der Waals surface area contributed by atoms with Crippen LogP contribution in [0.5, 0.6) is 0 Å². The van der Waals surface area contributed by atoms with Crippen molar-refractivity contribution in [2.75, 3.05) is 12.4 Å². The third kappa shape index (κ3) is 6.39. The number of aromatic nitrogens is 3. The number of hydrogen-bond donors (Lipinski definition) is 1. The average molecular weight is 443 g/mol. The van der Waals surface area contributed by atoms with Gasteiger partial charge in [0, 0.05) is 6.54 Å². The van der Waals surface area contributed by atoms with Gasteiger partial charge in [0.2, 0.25) is 0 Å². The van der Waals surface area contributed by atoms with E-state index in [9.17, 15) is 14.0 Å². The normalized spacial score (nSPS) is 10.6. The summed E-state index contributed by atoms with van der Waals surface area (Å²) in [5.74, 6) is -0.821. The second kappa shape index (κ2) is 11.3. The van der Waals surface area contributed by atoms with Gasteiger partial charge in [-0.1, -0.05) is 54.2 Å². The number of ether oxygens (including phenoxy) is 1. The highest BCUT2D eigenvalue weighted by molar-refractivity contribution is 7.99. The second-order valence-electron chi connectivity index (χ2n) is 6.54. The molecule has 0 saturated carbocycles. The molecule has 9 heteroatoms. The highest BCUT2D eigenvalue weighted by Gasteiger charge is 2.17. The van der Waals surface area contributed by atoms with Crippen molar-refractivity contribution >= 4 is 23.6 Å². The van der Waals surface area contributed by atoms with Gasteiger partial charge in [0.1, 0.15) is 5.82 Å². The molecule has 0 bridgehead atoms. The minimum Gasteiger partial charge on any atom is -0.465 e. The van der Waals surface area contributed by atoms with Crippen molar-refractivity contribution < 1.29 is 18.7 Å². The minimum absolute atomic E-state index is 0.0326. The molecule has 2 aromatic carbocycles. The zero-order chi connectivity index (χ0) is 22.1. The summed E-state index contributed by atoms with van der Waals surface area (Å²) in [6.07, 6.45) is 0.722. The van der Waals surface area contributed by atoms with Gasteiger partial charge in [-0.2, -0.15) is 0 Å². The van der Waals surface area contributed by atoms with Crippen LogP contribution in [0.3, 0.4) is 0 Å². The van der Waals surface area contributed by atoms with Crippen LogP contribution >= 0.6 is 11.8 Å². The molecule has 3 aromatic rings. The molecule has 31 heavy (non-hydrogen) atoms. The zero-order valence-corrected chi connectivity index (χ0v) is 17.9. The number of halogens is 1. The van der Waals surface area contributed by atoms with E-state index in [1.807, 2.05) is 34.9 Å². The topological polar surface area (TPSA) is 86.1 Å². The van der Waals surface area contributed by atoms with Crippen molar-refractivity contribution in [3.63, 3.8) is 0 Å². The van der Waals surface area contributed by atoms with E-state index in [0.717, 1.165) is 12.0 Å². The standard InChI is InChI=1S/C22H23FN4O3S/c1-2-30-20(28)15-31-22-26-25-19(27(22)13-12-16-8-4-3-5-9-16)14-24-21(29)17-10-6-7-11-18(17)23/h3-11H,2,12-15H2,1H3,(H,24,29). The fourth-order valence-corrected chi connectivity index (χ4v) is 3.67. The molecule has 0 fully saturated rings. The van der Waals surface area contributed by atoms with Crippen molar-refractivity contribution in [3.8, 4) is 0 Å². The zero-order valence-electron chi connectivity index (χ0n) is 17.1. The van der Waals surface area contributed by atoms with Crippen molar-refractivity contribution in [2.45, 2.75) is 31.6 Å². The van der Waals surface area contributed by atoms with Crippen LogP contribution in [-0.2, 0) is 29.0 Å². The maximum atomic E-state index is 13.9. The van der Waals surface area contributed by atoms with E-state index in [4.69, 9.17) is 4.74 Å². The summed E-state index contributed by atoms with van der Waals surface area (Å²) in [5.41, 5.74) is 1.11. The molecule has 0 radical (unpaired) electrons. The van der Waals surface area contributed by atoms with E-state index in [-0.39, 0.29) is 23.8 Å². The Labute approximate surface area is 184 Å². The molecule has 1 heterocycles. The maximum absolute atomic E-state index is 13.9. The molecule has 0 aliphatic carbocycles. The molecule has 162 valence electrons. The van der Waals surface area contributed by atoms with Crippen LogP contribution in [0.4, 0.5) is 4.39 Å². The number of thioether (sulfide) groups is 1. The van der Waals surface area contributed by atoms with E-state index in [0.29, 0.717) is 24.1 Å². The average Bonchev–Trinajstić information content (AvgIpc) is 3.17. The van der Waals surface area contributed by atoms with Gasteiger partial charge in [-0.15, -0.1) is 10.2 Å². The van der Waals surface area contributed by atoms with Gasteiger partial charge in [-0.3, -0.25) is 9.59 Å². The summed E-state index contributed by atoms with van der Waals surface area (Å²) in [6, 6.07) is 15.7. The highest BCUT2D eigenvalue weighted by atomic mass is 32.2. The van der Waals surface area contributed by atoms with Crippen LogP contribution in [0.1, 0.15) is 28.7 Å². The number of benzene rings is 2. The van der Waals surface area contributed by atoms with Gasteiger partial charge < -0.3 is 14.6 Å². The van der Waals surface area contributed by atoms with Crippen molar-refractivity contribution in [3.05, 3.63) is 77.4 Å². The van der Waals surface area contributed by atoms with Crippen LogP contribution in [0.15, 0.2) is 59.8 Å². The number of carbonyl (C=O) groups excluding carboxylic acids is 2. The van der Waals surface area contributed by atoms with Gasteiger partial charge >= 0.3 is 5.97 Å². The summed E-state index contributed by atoms with van der Waals surface area (Å²) < 4.78 is 20.7. The maximum Gasteiger partial charge on any atom is 0.316 e. The van der Waals surface area contributed by atoms with Crippen molar-refractivity contribution in [2.24, 2.45) is 0 Å². The Kier molecular flexibility index (Phi) is 8.17. The number of nitrogens with one attached hydrogen (secondary N) is 1. The lowest BCUT2D eigenvalue weighted by atomic mass is 10.1. The van der Waals surface area contributed by atoms with Crippen LogP contribution in [0.25, 0.3) is 0 Å². The number of nitrogens with zero attached hydrogens (tertiary/aromatic N) is 3. The van der Waals surface area contributed by atoms with E-state index in [1.54, 1.807) is 13.0 Å². The first-order chi connectivity index (χ1) is 15.1. The van der Waals surface area contributed by atoms with Gasteiger partial charge in [0.15, 0.2) is 11.0 Å². The smallest absolute Gasteiger partial charge is 0.316 e. The number of amides is 1.